The smallest absolute Gasteiger partial charge is 0.249 e. The number of aromatic amines is 1. The monoisotopic (exact) mass is 903 g/mol. The number of hydrogen-bond donors (Lipinski definition) is 1. The van der Waals surface area contributed by atoms with Crippen LogP contribution >= 0.6 is 0 Å². The minimum absolute atomic E-state index is 0.00291. The van der Waals surface area contributed by atoms with E-state index in [1.165, 1.54) is 69.1 Å². The number of imidazole rings is 2. The number of hydrogen-bond acceptors (Lipinski definition) is 5. The second-order valence-corrected chi connectivity index (χ2v) is 17.6. The van der Waals surface area contributed by atoms with E-state index >= 15 is 0 Å². The lowest BCUT2D eigenvalue weighted by atomic mass is 9.76. The molecule has 68 heavy (non-hydrogen) atoms. The van der Waals surface area contributed by atoms with Gasteiger partial charge in [0.2, 0.25) is 18.1 Å². The van der Waals surface area contributed by atoms with E-state index in [0.717, 1.165) is 37.1 Å². The largest absolute Gasteiger partial charge is 0.316 e. The van der Waals surface area contributed by atoms with Crippen LogP contribution in [0.1, 0.15) is 69.0 Å². The normalized spacial score (nSPS) is 15.5. The number of H-pyrrole nitrogens is 1. The van der Waals surface area contributed by atoms with Gasteiger partial charge in [0.25, 0.3) is 0 Å². The first-order chi connectivity index (χ1) is 33.3. The molecule has 10 rings (SSSR count). The van der Waals surface area contributed by atoms with Gasteiger partial charge >= 0.3 is 0 Å². The first-order valence-corrected chi connectivity index (χ1v) is 23.5. The average molecular weight is 904 g/mol. The number of hydroxylamine groups is 4. The highest BCUT2D eigenvalue weighted by Crippen LogP contribution is 2.44. The molecule has 344 valence electrons. The minimum Gasteiger partial charge on any atom is -0.316 e. The molecule has 0 saturated heterocycles. The van der Waals surface area contributed by atoms with E-state index in [9.17, 15) is 9.59 Å². The molecule has 0 fully saturated rings. The van der Waals surface area contributed by atoms with E-state index in [4.69, 9.17) is 14.7 Å². The summed E-state index contributed by atoms with van der Waals surface area (Å²) in [5.74, 6) is -0.228. The lowest BCUT2D eigenvalue weighted by Crippen LogP contribution is -2.60. The summed E-state index contributed by atoms with van der Waals surface area (Å²) in [6.07, 6.45) is 8.48. The van der Waals surface area contributed by atoms with Crippen LogP contribution in [0.15, 0.2) is 195 Å². The molecule has 2 heterocycles. The van der Waals surface area contributed by atoms with Crippen LogP contribution in [0.5, 0.6) is 0 Å². The molecule has 2 atom stereocenters. The topological polar surface area (TPSA) is 96.6 Å². The third kappa shape index (κ3) is 8.35. The Hall–Kier alpha value is -7.40. The molecule has 0 radical (unpaired) electrons. The van der Waals surface area contributed by atoms with E-state index in [-0.39, 0.29) is 23.7 Å². The van der Waals surface area contributed by atoms with Crippen molar-refractivity contribution < 1.29 is 23.8 Å². The van der Waals surface area contributed by atoms with Crippen LogP contribution < -0.4 is 4.57 Å². The molecule has 2 unspecified atom stereocenters. The Morgan fingerprint density at radius 3 is 1.37 bits per heavy atom. The van der Waals surface area contributed by atoms with Crippen LogP contribution in [0, 0.1) is 11.8 Å². The summed E-state index contributed by atoms with van der Waals surface area (Å²) in [5.41, 5.74) is 10.4. The van der Waals surface area contributed by atoms with Gasteiger partial charge in [0.15, 0.2) is 5.54 Å². The van der Waals surface area contributed by atoms with E-state index in [0.29, 0.717) is 12.8 Å². The molecule has 0 bridgehead atoms. The molecule has 0 spiro atoms. The number of rotatable bonds is 12. The van der Waals surface area contributed by atoms with Crippen molar-refractivity contribution in [2.24, 2.45) is 11.8 Å². The number of nitrogens with zero attached hydrogens (tertiary/aromatic N) is 5. The number of aryl methyl sites for hydroxylation is 1. The van der Waals surface area contributed by atoms with Crippen molar-refractivity contribution in [3.63, 3.8) is 0 Å². The molecular weight excluding hydrogens is 845 g/mol. The van der Waals surface area contributed by atoms with Crippen LogP contribution in [-0.4, -0.2) is 64.8 Å². The van der Waals surface area contributed by atoms with Gasteiger partial charge in [-0.15, -0.1) is 0 Å². The van der Waals surface area contributed by atoms with Gasteiger partial charge in [-0.1, -0.05) is 182 Å². The van der Waals surface area contributed by atoms with Crippen molar-refractivity contribution in [1.29, 1.82) is 0 Å². The van der Waals surface area contributed by atoms with Crippen molar-refractivity contribution in [2.75, 3.05) is 28.3 Å². The van der Waals surface area contributed by atoms with E-state index in [1.807, 2.05) is 6.33 Å². The minimum atomic E-state index is -0.591. The van der Waals surface area contributed by atoms with Crippen molar-refractivity contribution in [2.45, 2.75) is 49.6 Å². The first kappa shape index (κ1) is 45.7. The van der Waals surface area contributed by atoms with Crippen LogP contribution in [0.4, 0.5) is 0 Å². The fourth-order valence-electron chi connectivity index (χ4n) is 10.6. The van der Waals surface area contributed by atoms with Crippen molar-refractivity contribution in [1.82, 2.24) is 24.7 Å². The molecule has 2 amide bonds. The first-order valence-electron chi connectivity index (χ1n) is 23.5. The Morgan fingerprint density at radius 2 is 0.956 bits per heavy atom. The van der Waals surface area contributed by atoms with Gasteiger partial charge in [-0.25, -0.2) is 24.7 Å². The van der Waals surface area contributed by atoms with Gasteiger partial charge in [0.1, 0.15) is 16.9 Å². The molecule has 0 aliphatic heterocycles. The second-order valence-electron chi connectivity index (χ2n) is 17.6. The molecule has 10 heteroatoms. The van der Waals surface area contributed by atoms with E-state index in [2.05, 4.69) is 202 Å². The number of fused-ring (bicyclic) bond motifs is 2. The van der Waals surface area contributed by atoms with Crippen molar-refractivity contribution in [3.05, 3.63) is 251 Å². The molecule has 8 aromatic rings. The molecule has 2 aliphatic rings. The standard InChI is InChI=1S/2C29H29N3O2/c1-31(34-2)28(33)22-18-19-27-26(20-22)30-21-32(27)29(23-12-6-3-7-13-23,24-14-8-4-9-15-24)25-16-10-5-11-17-25;1-31(34-2)28(33)22-18-19-26-27(20-22)32(21-30-26)29(23-12-6-3-7-13-23,24-14-8-4-9-15-24)25-16-10-5-11-17-25/h2*3-17,21-22H,18-20H2,1-2H3/p+1. The zero-order valence-electron chi connectivity index (χ0n) is 39.2. The molecule has 1 N–H and O–H groups in total. The lowest BCUT2D eigenvalue weighted by Gasteiger charge is -2.39. The molecule has 2 aromatic heterocycles. The molecular formula is C58H59N6O4+. The maximum atomic E-state index is 13.0. The van der Waals surface area contributed by atoms with Crippen molar-refractivity contribution in [3.8, 4) is 0 Å². The quantitative estimate of drug-likeness (QED) is 0.0750. The predicted octanol–water partition coefficient (Wildman–Crippen LogP) is 9.12. The summed E-state index contributed by atoms with van der Waals surface area (Å²) in [5, 5.41) is 2.68. The molecule has 10 nitrogen and oxygen atoms in total. The third-order valence-corrected chi connectivity index (χ3v) is 14.1. The number of carbonyl (C=O) groups excluding carboxylic acids is 2. The Labute approximate surface area is 399 Å². The van der Waals surface area contributed by atoms with Crippen LogP contribution in [0.25, 0.3) is 0 Å². The van der Waals surface area contributed by atoms with Crippen LogP contribution in [0.2, 0.25) is 0 Å². The van der Waals surface area contributed by atoms with Gasteiger partial charge in [0, 0.05) is 67.6 Å². The van der Waals surface area contributed by atoms with Gasteiger partial charge in [0.05, 0.1) is 26.2 Å². The Morgan fingerprint density at radius 1 is 0.574 bits per heavy atom. The second kappa shape index (κ2) is 20.2. The maximum Gasteiger partial charge on any atom is 0.249 e. The third-order valence-electron chi connectivity index (χ3n) is 14.1. The number of benzene rings is 6. The SMILES string of the molecule is CON(C)C(=O)C1CCc2[nH]c[n+](C(c3ccccc3)(c3ccccc3)c3ccccc3)c2C1.CON(C)C(=O)C1CCc2c(ncn2C(c2ccccc2)(c2ccccc2)c2ccccc2)C1. The van der Waals surface area contributed by atoms with Gasteiger partial charge in [-0.3, -0.25) is 19.3 Å². The zero-order chi connectivity index (χ0) is 47.1. The highest BCUT2D eigenvalue weighted by Gasteiger charge is 2.47. The van der Waals surface area contributed by atoms with Crippen LogP contribution in [-0.2, 0) is 56.0 Å². The van der Waals surface area contributed by atoms with Gasteiger partial charge < -0.3 is 4.57 Å². The summed E-state index contributed by atoms with van der Waals surface area (Å²) in [7, 11) is 6.41. The number of nitrogens with one attached hydrogen (secondary N) is 1. The van der Waals surface area contributed by atoms with Crippen LogP contribution in [0.3, 0.4) is 0 Å². The predicted molar refractivity (Wildman–Crippen MR) is 263 cm³/mol. The summed E-state index contributed by atoms with van der Waals surface area (Å²) >= 11 is 0. The lowest BCUT2D eigenvalue weighted by molar-refractivity contribution is -0.740. The molecule has 2 aliphatic carbocycles. The molecule has 0 saturated carbocycles. The van der Waals surface area contributed by atoms with Gasteiger partial charge in [-0.2, -0.15) is 0 Å². The summed E-state index contributed by atoms with van der Waals surface area (Å²) < 4.78 is 4.69. The van der Waals surface area contributed by atoms with E-state index < -0.39 is 11.1 Å². The summed E-state index contributed by atoms with van der Waals surface area (Å²) in [4.78, 5) is 44.6. The maximum absolute atomic E-state index is 13.0. The van der Waals surface area contributed by atoms with Gasteiger partial charge in [-0.05, 0) is 36.0 Å². The highest BCUT2D eigenvalue weighted by atomic mass is 16.7. The Kier molecular flexibility index (Phi) is 13.6. The zero-order valence-corrected chi connectivity index (χ0v) is 39.2. The fraction of sp³-hybridized carbons (Fsp3) is 0.241. The van der Waals surface area contributed by atoms with Crippen molar-refractivity contribution >= 4 is 11.8 Å². The van der Waals surface area contributed by atoms with E-state index in [1.54, 1.807) is 14.1 Å². The number of aromatic nitrogens is 4. The fourth-order valence-corrected chi connectivity index (χ4v) is 10.6. The molecule has 6 aromatic carbocycles. The number of carbonyl (C=O) groups is 2. The Balaban J connectivity index is 0.000000170. The highest BCUT2D eigenvalue weighted by molar-refractivity contribution is 5.78. The number of amides is 2. The Bertz CT molecular complexity index is 2710. The summed E-state index contributed by atoms with van der Waals surface area (Å²) in [6, 6.07) is 63.7. The summed E-state index contributed by atoms with van der Waals surface area (Å²) in [6.45, 7) is 0. The average Bonchev–Trinajstić information content (AvgIpc) is 4.05.